The zero-order valence-electron chi connectivity index (χ0n) is 10.9. The Morgan fingerprint density at radius 2 is 2.22 bits per heavy atom. The monoisotopic (exact) mass is 272 g/mol. The maximum Gasteiger partial charge on any atom is 0.123 e. The Bertz CT molecular complexity index is 384. The fraction of sp³-hybridized carbons (Fsp3) is 0.571. The molecule has 2 nitrogen and oxygen atoms in total. The summed E-state index contributed by atoms with van der Waals surface area (Å²) < 4.78 is 13.0. The van der Waals surface area contributed by atoms with Crippen LogP contribution in [0.4, 0.5) is 4.39 Å². The number of aryl methyl sites for hydroxylation is 1. The standard InChI is InChI=1S/C14H21FN2.ClH/c1-11-7-14(15)5-4-13(11)10-17-6-2-3-12(8-16)9-17;/h4-5,7,12H,2-3,6,8-10,16H2,1H3;1H. The molecular formula is C14H22ClFN2. The molecule has 1 aliphatic heterocycles. The average molecular weight is 273 g/mol. The Hall–Kier alpha value is -0.640. The van der Waals surface area contributed by atoms with Crippen LogP contribution in [-0.2, 0) is 6.54 Å². The zero-order chi connectivity index (χ0) is 12.3. The van der Waals surface area contributed by atoms with Crippen LogP contribution < -0.4 is 5.73 Å². The van der Waals surface area contributed by atoms with Crippen LogP contribution >= 0.6 is 12.4 Å². The maximum absolute atomic E-state index is 13.0. The predicted molar refractivity (Wildman–Crippen MR) is 75.4 cm³/mol. The second-order valence-corrected chi connectivity index (χ2v) is 5.05. The average Bonchev–Trinajstić information content (AvgIpc) is 2.33. The largest absolute Gasteiger partial charge is 0.330 e. The van der Waals surface area contributed by atoms with Crippen LogP contribution in [0.25, 0.3) is 0 Å². The lowest BCUT2D eigenvalue weighted by atomic mass is 9.97. The van der Waals surface area contributed by atoms with E-state index in [-0.39, 0.29) is 18.2 Å². The van der Waals surface area contributed by atoms with Gasteiger partial charge in [0, 0.05) is 13.1 Å². The van der Waals surface area contributed by atoms with E-state index in [1.807, 2.05) is 13.0 Å². The lowest BCUT2D eigenvalue weighted by molar-refractivity contribution is 0.170. The molecule has 1 aliphatic rings. The van der Waals surface area contributed by atoms with E-state index in [4.69, 9.17) is 5.73 Å². The maximum atomic E-state index is 13.0. The molecule has 0 radical (unpaired) electrons. The van der Waals surface area contributed by atoms with Crippen molar-refractivity contribution in [2.24, 2.45) is 11.7 Å². The van der Waals surface area contributed by atoms with Crippen LogP contribution in [0.2, 0.25) is 0 Å². The first-order chi connectivity index (χ1) is 8.19. The van der Waals surface area contributed by atoms with E-state index in [0.717, 1.165) is 31.7 Å². The van der Waals surface area contributed by atoms with E-state index in [9.17, 15) is 4.39 Å². The van der Waals surface area contributed by atoms with Crippen molar-refractivity contribution in [2.45, 2.75) is 26.3 Å². The molecule has 1 aromatic rings. The molecule has 0 amide bonds. The van der Waals surface area contributed by atoms with E-state index in [0.29, 0.717) is 5.92 Å². The van der Waals surface area contributed by atoms with Gasteiger partial charge in [0.2, 0.25) is 0 Å². The van der Waals surface area contributed by atoms with Crippen molar-refractivity contribution in [3.63, 3.8) is 0 Å². The molecule has 4 heteroatoms. The van der Waals surface area contributed by atoms with Gasteiger partial charge in [0.05, 0.1) is 0 Å². The number of hydrogen-bond donors (Lipinski definition) is 1. The van der Waals surface area contributed by atoms with Crippen molar-refractivity contribution in [1.29, 1.82) is 0 Å². The van der Waals surface area contributed by atoms with Gasteiger partial charge in [-0.05, 0) is 62.0 Å². The first kappa shape index (κ1) is 15.4. The second kappa shape index (κ2) is 7.07. The van der Waals surface area contributed by atoms with Crippen LogP contribution in [0.3, 0.4) is 0 Å². The van der Waals surface area contributed by atoms with Gasteiger partial charge in [0.25, 0.3) is 0 Å². The summed E-state index contributed by atoms with van der Waals surface area (Å²) in [6, 6.07) is 5.06. The zero-order valence-corrected chi connectivity index (χ0v) is 11.7. The van der Waals surface area contributed by atoms with Crippen LogP contribution in [0.5, 0.6) is 0 Å². The molecule has 0 saturated carbocycles. The highest BCUT2D eigenvalue weighted by Crippen LogP contribution is 2.19. The highest BCUT2D eigenvalue weighted by atomic mass is 35.5. The Balaban J connectivity index is 0.00000162. The smallest absolute Gasteiger partial charge is 0.123 e. The molecular weight excluding hydrogens is 251 g/mol. The van der Waals surface area contributed by atoms with Crippen molar-refractivity contribution in [1.82, 2.24) is 4.90 Å². The Morgan fingerprint density at radius 3 is 2.89 bits per heavy atom. The summed E-state index contributed by atoms with van der Waals surface area (Å²) in [6.45, 7) is 5.88. The second-order valence-electron chi connectivity index (χ2n) is 5.05. The summed E-state index contributed by atoms with van der Waals surface area (Å²) in [5.74, 6) is 0.481. The minimum Gasteiger partial charge on any atom is -0.330 e. The first-order valence-electron chi connectivity index (χ1n) is 6.36. The Morgan fingerprint density at radius 1 is 1.44 bits per heavy atom. The molecule has 1 fully saturated rings. The molecule has 1 unspecified atom stereocenters. The highest BCUT2D eigenvalue weighted by Gasteiger charge is 2.19. The van der Waals surface area contributed by atoms with E-state index in [1.54, 1.807) is 12.1 Å². The van der Waals surface area contributed by atoms with Gasteiger partial charge in [0.15, 0.2) is 0 Å². The number of likely N-dealkylation sites (tertiary alicyclic amines) is 1. The minimum atomic E-state index is -0.148. The van der Waals surface area contributed by atoms with Crippen molar-refractivity contribution in [2.75, 3.05) is 19.6 Å². The summed E-state index contributed by atoms with van der Waals surface area (Å²) in [7, 11) is 0. The third-order valence-corrected chi connectivity index (χ3v) is 3.64. The van der Waals surface area contributed by atoms with E-state index >= 15 is 0 Å². The van der Waals surface area contributed by atoms with E-state index in [1.165, 1.54) is 18.4 Å². The van der Waals surface area contributed by atoms with E-state index in [2.05, 4.69) is 4.90 Å². The Kier molecular flexibility index (Phi) is 6.06. The van der Waals surface area contributed by atoms with Crippen molar-refractivity contribution in [3.8, 4) is 0 Å². The molecule has 0 spiro atoms. The van der Waals surface area contributed by atoms with Gasteiger partial charge in [-0.3, -0.25) is 4.90 Å². The van der Waals surface area contributed by atoms with Gasteiger partial charge in [-0.25, -0.2) is 4.39 Å². The quantitative estimate of drug-likeness (QED) is 0.917. The van der Waals surface area contributed by atoms with Crippen LogP contribution in [0, 0.1) is 18.7 Å². The van der Waals surface area contributed by atoms with Gasteiger partial charge in [-0.15, -0.1) is 12.4 Å². The molecule has 1 saturated heterocycles. The number of nitrogens with two attached hydrogens (primary N) is 1. The van der Waals surface area contributed by atoms with Gasteiger partial charge in [-0.1, -0.05) is 6.07 Å². The molecule has 1 atom stereocenters. The summed E-state index contributed by atoms with van der Waals surface area (Å²) in [4.78, 5) is 2.43. The number of halogens is 2. The van der Waals surface area contributed by atoms with Gasteiger partial charge < -0.3 is 5.73 Å². The number of rotatable bonds is 3. The lowest BCUT2D eigenvalue weighted by Gasteiger charge is -2.32. The van der Waals surface area contributed by atoms with Crippen molar-refractivity contribution >= 4 is 12.4 Å². The summed E-state index contributed by atoms with van der Waals surface area (Å²) in [5.41, 5.74) is 8.00. The molecule has 1 aromatic carbocycles. The number of hydrogen-bond acceptors (Lipinski definition) is 2. The molecule has 1 heterocycles. The van der Waals surface area contributed by atoms with Crippen LogP contribution in [0.15, 0.2) is 18.2 Å². The van der Waals surface area contributed by atoms with Gasteiger partial charge >= 0.3 is 0 Å². The topological polar surface area (TPSA) is 29.3 Å². The first-order valence-corrected chi connectivity index (χ1v) is 6.36. The van der Waals surface area contributed by atoms with Crippen LogP contribution in [-0.4, -0.2) is 24.5 Å². The minimum absolute atomic E-state index is 0. The van der Waals surface area contributed by atoms with Crippen molar-refractivity contribution in [3.05, 3.63) is 35.1 Å². The molecule has 2 rings (SSSR count). The molecule has 102 valence electrons. The highest BCUT2D eigenvalue weighted by molar-refractivity contribution is 5.85. The SMILES string of the molecule is Cc1cc(F)ccc1CN1CCCC(CN)C1.Cl. The van der Waals surface area contributed by atoms with Crippen LogP contribution in [0.1, 0.15) is 24.0 Å². The fourth-order valence-corrected chi connectivity index (χ4v) is 2.56. The third-order valence-electron chi connectivity index (χ3n) is 3.64. The number of benzene rings is 1. The lowest BCUT2D eigenvalue weighted by Crippen LogP contribution is -2.37. The number of nitrogens with zero attached hydrogens (tertiary/aromatic N) is 1. The summed E-state index contributed by atoms with van der Waals surface area (Å²) in [5, 5.41) is 0. The normalized spacial score (nSPS) is 20.5. The van der Waals surface area contributed by atoms with Gasteiger partial charge in [0.1, 0.15) is 5.82 Å². The third kappa shape index (κ3) is 3.94. The summed E-state index contributed by atoms with van der Waals surface area (Å²) >= 11 is 0. The summed E-state index contributed by atoms with van der Waals surface area (Å²) in [6.07, 6.45) is 2.47. The van der Waals surface area contributed by atoms with Crippen molar-refractivity contribution < 1.29 is 4.39 Å². The van der Waals surface area contributed by atoms with E-state index < -0.39 is 0 Å². The molecule has 0 aromatic heterocycles. The fourth-order valence-electron chi connectivity index (χ4n) is 2.56. The number of piperidine rings is 1. The predicted octanol–water partition coefficient (Wildman–Crippen LogP) is 2.73. The van der Waals surface area contributed by atoms with Gasteiger partial charge in [-0.2, -0.15) is 0 Å². The Labute approximate surface area is 115 Å². The molecule has 18 heavy (non-hydrogen) atoms. The molecule has 2 N–H and O–H groups in total. The molecule has 0 bridgehead atoms. The molecule has 0 aliphatic carbocycles.